The highest BCUT2D eigenvalue weighted by Gasteiger charge is 2.09. The Balaban J connectivity index is 1.80. The summed E-state index contributed by atoms with van der Waals surface area (Å²) in [5, 5.41) is 3.33. The molecule has 20 heavy (non-hydrogen) atoms. The quantitative estimate of drug-likeness (QED) is 0.796. The molecule has 0 aliphatic carbocycles. The van der Waals surface area contributed by atoms with Gasteiger partial charge in [-0.05, 0) is 37.7 Å². The summed E-state index contributed by atoms with van der Waals surface area (Å²) in [6.07, 6.45) is 5.79. The van der Waals surface area contributed by atoms with E-state index in [1.54, 1.807) is 11.8 Å². The van der Waals surface area contributed by atoms with Crippen molar-refractivity contribution in [3.8, 4) is 0 Å². The standard InChI is InChI=1S/C15H20FN3S/c1-17-13(5-8-15-18-9-10-19(15)2)11-20-14-6-3-12(16)4-7-14/h3-4,6-7,9-10,13,17H,5,8,11H2,1-2H3. The van der Waals surface area contributed by atoms with Crippen LogP contribution >= 0.6 is 11.8 Å². The Morgan fingerprint density at radius 1 is 1.35 bits per heavy atom. The number of hydrogen-bond donors (Lipinski definition) is 1. The van der Waals surface area contributed by atoms with Crippen LogP contribution in [0.4, 0.5) is 4.39 Å². The van der Waals surface area contributed by atoms with E-state index >= 15 is 0 Å². The lowest BCUT2D eigenvalue weighted by Crippen LogP contribution is -2.28. The van der Waals surface area contributed by atoms with E-state index in [1.165, 1.54) is 12.1 Å². The lowest BCUT2D eigenvalue weighted by Gasteiger charge is -2.15. The van der Waals surface area contributed by atoms with Crippen molar-refractivity contribution in [2.75, 3.05) is 12.8 Å². The number of nitrogens with one attached hydrogen (secondary N) is 1. The number of rotatable bonds is 7. The van der Waals surface area contributed by atoms with Crippen LogP contribution in [0.3, 0.4) is 0 Å². The minimum absolute atomic E-state index is 0.186. The summed E-state index contributed by atoms with van der Waals surface area (Å²) in [6.45, 7) is 0. The average molecular weight is 293 g/mol. The molecular formula is C15H20FN3S. The molecule has 0 radical (unpaired) electrons. The Kier molecular flexibility index (Phi) is 5.61. The van der Waals surface area contributed by atoms with Crippen LogP contribution in [0.1, 0.15) is 12.2 Å². The number of benzene rings is 1. The van der Waals surface area contributed by atoms with Gasteiger partial charge in [0.1, 0.15) is 11.6 Å². The van der Waals surface area contributed by atoms with Crippen molar-refractivity contribution < 1.29 is 4.39 Å². The number of thioether (sulfide) groups is 1. The predicted octanol–water partition coefficient (Wildman–Crippen LogP) is 2.87. The van der Waals surface area contributed by atoms with E-state index in [0.717, 1.165) is 29.3 Å². The predicted molar refractivity (Wildman–Crippen MR) is 81.5 cm³/mol. The average Bonchev–Trinajstić information content (AvgIpc) is 2.86. The molecule has 2 rings (SSSR count). The maximum Gasteiger partial charge on any atom is 0.123 e. The molecule has 0 saturated carbocycles. The molecule has 1 N–H and O–H groups in total. The fourth-order valence-electron chi connectivity index (χ4n) is 1.98. The van der Waals surface area contributed by atoms with Crippen LogP contribution in [-0.4, -0.2) is 28.4 Å². The van der Waals surface area contributed by atoms with Gasteiger partial charge in [0.05, 0.1) is 0 Å². The van der Waals surface area contributed by atoms with Crippen LogP contribution in [0.5, 0.6) is 0 Å². The first kappa shape index (κ1) is 15.1. The normalized spacial score (nSPS) is 12.6. The number of hydrogen-bond acceptors (Lipinski definition) is 3. The van der Waals surface area contributed by atoms with Gasteiger partial charge in [-0.15, -0.1) is 11.8 Å². The molecular weight excluding hydrogens is 273 g/mol. The second-order valence-electron chi connectivity index (χ2n) is 4.74. The molecule has 0 fully saturated rings. The van der Waals surface area contributed by atoms with E-state index < -0.39 is 0 Å². The Labute approximate surface area is 123 Å². The topological polar surface area (TPSA) is 29.9 Å². The number of aryl methyl sites for hydroxylation is 2. The summed E-state index contributed by atoms with van der Waals surface area (Å²) in [5.41, 5.74) is 0. The molecule has 108 valence electrons. The Hall–Kier alpha value is -1.33. The molecule has 0 saturated heterocycles. The van der Waals surface area contributed by atoms with Gasteiger partial charge in [0.2, 0.25) is 0 Å². The molecule has 1 aromatic carbocycles. The van der Waals surface area contributed by atoms with Gasteiger partial charge >= 0.3 is 0 Å². The second kappa shape index (κ2) is 7.45. The zero-order valence-corrected chi connectivity index (χ0v) is 12.7. The van der Waals surface area contributed by atoms with E-state index in [0.29, 0.717) is 6.04 Å². The van der Waals surface area contributed by atoms with Crippen LogP contribution in [0.25, 0.3) is 0 Å². The smallest absolute Gasteiger partial charge is 0.123 e. The highest BCUT2D eigenvalue weighted by Crippen LogP contribution is 2.20. The van der Waals surface area contributed by atoms with Gasteiger partial charge in [0, 0.05) is 42.6 Å². The van der Waals surface area contributed by atoms with Crippen molar-refractivity contribution in [2.24, 2.45) is 7.05 Å². The molecule has 0 amide bonds. The maximum atomic E-state index is 12.8. The summed E-state index contributed by atoms with van der Waals surface area (Å²) in [4.78, 5) is 5.44. The van der Waals surface area contributed by atoms with Gasteiger partial charge in [-0.3, -0.25) is 0 Å². The molecule has 0 spiro atoms. The largest absolute Gasteiger partial charge is 0.338 e. The third kappa shape index (κ3) is 4.35. The molecule has 3 nitrogen and oxygen atoms in total. The summed E-state index contributed by atoms with van der Waals surface area (Å²) in [7, 11) is 4.00. The number of aromatic nitrogens is 2. The zero-order chi connectivity index (χ0) is 14.4. The van der Waals surface area contributed by atoms with Crippen LogP contribution in [0.2, 0.25) is 0 Å². The fraction of sp³-hybridized carbons (Fsp3) is 0.400. The van der Waals surface area contributed by atoms with Crippen molar-refractivity contribution in [2.45, 2.75) is 23.8 Å². The van der Waals surface area contributed by atoms with Gasteiger partial charge in [0.25, 0.3) is 0 Å². The molecule has 2 aromatic rings. The highest BCUT2D eigenvalue weighted by molar-refractivity contribution is 7.99. The second-order valence-corrected chi connectivity index (χ2v) is 5.84. The lowest BCUT2D eigenvalue weighted by atomic mass is 10.2. The Morgan fingerprint density at radius 3 is 2.70 bits per heavy atom. The molecule has 1 heterocycles. The Bertz CT molecular complexity index is 524. The van der Waals surface area contributed by atoms with Gasteiger partial charge in [-0.25, -0.2) is 9.37 Å². The number of imidazole rings is 1. The van der Waals surface area contributed by atoms with Crippen molar-refractivity contribution >= 4 is 11.8 Å². The maximum absolute atomic E-state index is 12.8. The van der Waals surface area contributed by atoms with Gasteiger partial charge in [0.15, 0.2) is 0 Å². The monoisotopic (exact) mass is 293 g/mol. The van der Waals surface area contributed by atoms with Gasteiger partial charge in [-0.1, -0.05) is 0 Å². The first-order valence-electron chi connectivity index (χ1n) is 6.71. The first-order chi connectivity index (χ1) is 9.69. The van der Waals surface area contributed by atoms with Crippen molar-refractivity contribution in [1.82, 2.24) is 14.9 Å². The molecule has 1 unspecified atom stereocenters. The minimum atomic E-state index is -0.186. The summed E-state index contributed by atoms with van der Waals surface area (Å²) in [6, 6.07) is 7.08. The summed E-state index contributed by atoms with van der Waals surface area (Å²) < 4.78 is 14.9. The minimum Gasteiger partial charge on any atom is -0.338 e. The molecule has 0 aliphatic rings. The van der Waals surface area contributed by atoms with Crippen LogP contribution in [-0.2, 0) is 13.5 Å². The van der Waals surface area contributed by atoms with E-state index in [2.05, 4.69) is 14.9 Å². The third-order valence-electron chi connectivity index (χ3n) is 3.31. The van der Waals surface area contributed by atoms with Crippen LogP contribution < -0.4 is 5.32 Å². The van der Waals surface area contributed by atoms with Crippen molar-refractivity contribution in [3.05, 3.63) is 48.3 Å². The first-order valence-corrected chi connectivity index (χ1v) is 7.69. The lowest BCUT2D eigenvalue weighted by molar-refractivity contribution is 0.557. The molecule has 0 aliphatic heterocycles. The van der Waals surface area contributed by atoms with Crippen LogP contribution in [0, 0.1) is 5.82 Å². The summed E-state index contributed by atoms with van der Waals surface area (Å²) >= 11 is 1.75. The zero-order valence-electron chi connectivity index (χ0n) is 11.8. The van der Waals surface area contributed by atoms with Crippen molar-refractivity contribution in [1.29, 1.82) is 0 Å². The van der Waals surface area contributed by atoms with Gasteiger partial charge in [-0.2, -0.15) is 0 Å². The fourth-order valence-corrected chi connectivity index (χ4v) is 3.03. The molecule has 5 heteroatoms. The van der Waals surface area contributed by atoms with E-state index in [-0.39, 0.29) is 5.82 Å². The van der Waals surface area contributed by atoms with Crippen molar-refractivity contribution in [3.63, 3.8) is 0 Å². The Morgan fingerprint density at radius 2 is 2.10 bits per heavy atom. The molecule has 1 aromatic heterocycles. The SMILES string of the molecule is CNC(CCc1nccn1C)CSc1ccc(F)cc1. The third-order valence-corrected chi connectivity index (χ3v) is 4.48. The number of halogens is 1. The number of nitrogens with zero attached hydrogens (tertiary/aromatic N) is 2. The molecule has 0 bridgehead atoms. The summed E-state index contributed by atoms with van der Waals surface area (Å²) in [5.74, 6) is 1.89. The van der Waals surface area contributed by atoms with E-state index in [4.69, 9.17) is 0 Å². The van der Waals surface area contributed by atoms with E-state index in [9.17, 15) is 4.39 Å². The highest BCUT2D eigenvalue weighted by atomic mass is 32.2. The van der Waals surface area contributed by atoms with Gasteiger partial charge < -0.3 is 9.88 Å². The van der Waals surface area contributed by atoms with E-state index in [1.807, 2.05) is 38.6 Å². The molecule has 1 atom stereocenters. The van der Waals surface area contributed by atoms with Crippen LogP contribution in [0.15, 0.2) is 41.6 Å².